The lowest BCUT2D eigenvalue weighted by molar-refractivity contribution is -0.150. The van der Waals surface area contributed by atoms with Crippen molar-refractivity contribution in [1.82, 2.24) is 0 Å². The molecular formula is C12H24O3. The third kappa shape index (κ3) is 5.78. The Morgan fingerprint density at radius 1 is 1.33 bits per heavy atom. The van der Waals surface area contributed by atoms with Gasteiger partial charge in [-0.1, -0.05) is 34.1 Å². The van der Waals surface area contributed by atoms with E-state index in [0.29, 0.717) is 11.8 Å². The largest absolute Gasteiger partial charge is 0.463 e. The second-order valence-electron chi connectivity index (χ2n) is 4.41. The molecule has 90 valence electrons. The Hall–Kier alpha value is -0.570. The van der Waals surface area contributed by atoms with E-state index in [1.165, 1.54) is 0 Å². The SMILES string of the molecule is CCC(C)CC(C)C(C)C(=O)OCCO. The highest BCUT2D eigenvalue weighted by Crippen LogP contribution is 2.22. The molecule has 0 rings (SSSR count). The van der Waals surface area contributed by atoms with Gasteiger partial charge < -0.3 is 9.84 Å². The number of hydrogen-bond donors (Lipinski definition) is 1. The van der Waals surface area contributed by atoms with Crippen molar-refractivity contribution >= 4 is 5.97 Å². The van der Waals surface area contributed by atoms with Crippen molar-refractivity contribution in [2.75, 3.05) is 13.2 Å². The van der Waals surface area contributed by atoms with Gasteiger partial charge in [-0.2, -0.15) is 0 Å². The summed E-state index contributed by atoms with van der Waals surface area (Å²) in [5, 5.41) is 8.54. The van der Waals surface area contributed by atoms with Crippen LogP contribution in [0.1, 0.15) is 40.5 Å². The Kier molecular flexibility index (Phi) is 7.39. The lowest BCUT2D eigenvalue weighted by Crippen LogP contribution is -2.23. The number of carbonyl (C=O) groups excluding carboxylic acids is 1. The molecule has 3 atom stereocenters. The van der Waals surface area contributed by atoms with Crippen LogP contribution in [0.5, 0.6) is 0 Å². The average molecular weight is 216 g/mol. The minimum absolute atomic E-state index is 0.0782. The van der Waals surface area contributed by atoms with Crippen molar-refractivity contribution in [2.45, 2.75) is 40.5 Å². The van der Waals surface area contributed by atoms with Crippen LogP contribution in [0.3, 0.4) is 0 Å². The predicted octanol–water partition coefficient (Wildman–Crippen LogP) is 2.23. The average Bonchev–Trinajstić information content (AvgIpc) is 2.24. The maximum Gasteiger partial charge on any atom is 0.308 e. The van der Waals surface area contributed by atoms with E-state index in [4.69, 9.17) is 9.84 Å². The number of esters is 1. The van der Waals surface area contributed by atoms with Crippen molar-refractivity contribution < 1.29 is 14.6 Å². The highest BCUT2D eigenvalue weighted by atomic mass is 16.5. The van der Waals surface area contributed by atoms with Gasteiger partial charge in [-0.15, -0.1) is 0 Å². The normalized spacial score (nSPS) is 16.9. The summed E-state index contributed by atoms with van der Waals surface area (Å²) in [6, 6.07) is 0. The first kappa shape index (κ1) is 14.4. The Morgan fingerprint density at radius 2 is 1.93 bits per heavy atom. The van der Waals surface area contributed by atoms with Gasteiger partial charge in [0.2, 0.25) is 0 Å². The van der Waals surface area contributed by atoms with Crippen molar-refractivity contribution in [3.05, 3.63) is 0 Å². The van der Waals surface area contributed by atoms with E-state index in [-0.39, 0.29) is 25.1 Å². The first-order chi connectivity index (χ1) is 7.02. The van der Waals surface area contributed by atoms with E-state index >= 15 is 0 Å². The quantitative estimate of drug-likeness (QED) is 0.664. The summed E-state index contributed by atoms with van der Waals surface area (Å²) in [7, 11) is 0. The molecule has 0 saturated heterocycles. The zero-order valence-electron chi connectivity index (χ0n) is 10.3. The summed E-state index contributed by atoms with van der Waals surface area (Å²) < 4.78 is 4.90. The van der Waals surface area contributed by atoms with E-state index < -0.39 is 0 Å². The van der Waals surface area contributed by atoms with E-state index in [9.17, 15) is 4.79 Å². The molecule has 0 aromatic rings. The molecular weight excluding hydrogens is 192 g/mol. The van der Waals surface area contributed by atoms with E-state index in [1.54, 1.807) is 0 Å². The second kappa shape index (κ2) is 7.69. The fourth-order valence-electron chi connectivity index (χ4n) is 1.52. The number of ether oxygens (including phenoxy) is 1. The van der Waals surface area contributed by atoms with Gasteiger partial charge in [0.25, 0.3) is 0 Å². The molecule has 0 radical (unpaired) electrons. The molecule has 0 aliphatic carbocycles. The number of hydrogen-bond acceptors (Lipinski definition) is 3. The highest BCUT2D eigenvalue weighted by molar-refractivity contribution is 5.72. The Balaban J connectivity index is 3.95. The van der Waals surface area contributed by atoms with Crippen LogP contribution in [0.25, 0.3) is 0 Å². The van der Waals surface area contributed by atoms with Crippen molar-refractivity contribution in [1.29, 1.82) is 0 Å². The van der Waals surface area contributed by atoms with Crippen LogP contribution in [0.15, 0.2) is 0 Å². The van der Waals surface area contributed by atoms with Crippen molar-refractivity contribution in [3.63, 3.8) is 0 Å². The Labute approximate surface area is 92.8 Å². The summed E-state index contributed by atoms with van der Waals surface area (Å²) >= 11 is 0. The minimum Gasteiger partial charge on any atom is -0.463 e. The van der Waals surface area contributed by atoms with Crippen LogP contribution in [0, 0.1) is 17.8 Å². The Morgan fingerprint density at radius 3 is 2.40 bits per heavy atom. The van der Waals surface area contributed by atoms with E-state index in [1.807, 2.05) is 6.92 Å². The Bertz CT molecular complexity index is 180. The lowest BCUT2D eigenvalue weighted by atomic mass is 9.86. The maximum atomic E-state index is 11.5. The molecule has 0 spiro atoms. The van der Waals surface area contributed by atoms with Gasteiger partial charge in [-0.25, -0.2) is 0 Å². The maximum absolute atomic E-state index is 11.5. The monoisotopic (exact) mass is 216 g/mol. The zero-order chi connectivity index (χ0) is 11.8. The summed E-state index contributed by atoms with van der Waals surface area (Å²) in [6.07, 6.45) is 2.19. The minimum atomic E-state index is -0.195. The highest BCUT2D eigenvalue weighted by Gasteiger charge is 2.22. The summed E-state index contributed by atoms with van der Waals surface area (Å²) in [5.41, 5.74) is 0. The summed E-state index contributed by atoms with van der Waals surface area (Å²) in [5.74, 6) is 0.713. The first-order valence-electron chi connectivity index (χ1n) is 5.80. The molecule has 0 amide bonds. The van der Waals surface area contributed by atoms with Crippen LogP contribution in [-0.4, -0.2) is 24.3 Å². The zero-order valence-corrected chi connectivity index (χ0v) is 10.3. The third-order valence-corrected chi connectivity index (χ3v) is 3.03. The fraction of sp³-hybridized carbons (Fsp3) is 0.917. The molecule has 0 aromatic heterocycles. The standard InChI is InChI=1S/C12H24O3/c1-5-9(2)8-10(3)11(4)12(14)15-7-6-13/h9-11,13H,5-8H2,1-4H3. The number of carbonyl (C=O) groups is 1. The van der Waals surface area contributed by atoms with Gasteiger partial charge in [-0.3, -0.25) is 4.79 Å². The van der Waals surface area contributed by atoms with Crippen LogP contribution in [0.4, 0.5) is 0 Å². The predicted molar refractivity (Wildman–Crippen MR) is 60.4 cm³/mol. The summed E-state index contributed by atoms with van der Waals surface area (Å²) in [4.78, 5) is 11.5. The smallest absolute Gasteiger partial charge is 0.308 e. The third-order valence-electron chi connectivity index (χ3n) is 3.03. The molecule has 0 fully saturated rings. The van der Waals surface area contributed by atoms with Gasteiger partial charge in [0, 0.05) is 0 Å². The molecule has 3 heteroatoms. The molecule has 1 N–H and O–H groups in total. The van der Waals surface area contributed by atoms with Crippen LogP contribution in [0.2, 0.25) is 0 Å². The molecule has 3 nitrogen and oxygen atoms in total. The molecule has 0 aromatic carbocycles. The number of aliphatic hydroxyl groups is 1. The molecule has 3 unspecified atom stereocenters. The second-order valence-corrected chi connectivity index (χ2v) is 4.41. The fourth-order valence-corrected chi connectivity index (χ4v) is 1.52. The van der Waals surface area contributed by atoms with E-state index in [0.717, 1.165) is 12.8 Å². The van der Waals surface area contributed by atoms with Gasteiger partial charge in [0.15, 0.2) is 0 Å². The molecule has 0 bridgehead atoms. The van der Waals surface area contributed by atoms with Crippen LogP contribution >= 0.6 is 0 Å². The van der Waals surface area contributed by atoms with Gasteiger partial charge in [0.1, 0.15) is 6.61 Å². The van der Waals surface area contributed by atoms with Crippen molar-refractivity contribution in [3.8, 4) is 0 Å². The van der Waals surface area contributed by atoms with Gasteiger partial charge >= 0.3 is 5.97 Å². The van der Waals surface area contributed by atoms with Gasteiger partial charge in [-0.05, 0) is 18.3 Å². The van der Waals surface area contributed by atoms with Crippen LogP contribution < -0.4 is 0 Å². The molecule has 0 saturated carbocycles. The topological polar surface area (TPSA) is 46.5 Å². The van der Waals surface area contributed by atoms with Gasteiger partial charge in [0.05, 0.1) is 12.5 Å². The van der Waals surface area contributed by atoms with Crippen molar-refractivity contribution in [2.24, 2.45) is 17.8 Å². The molecule has 0 aliphatic heterocycles. The number of aliphatic hydroxyl groups excluding tert-OH is 1. The summed E-state index contributed by atoms with van der Waals surface area (Å²) in [6.45, 7) is 8.34. The molecule has 0 heterocycles. The van der Waals surface area contributed by atoms with Crippen LogP contribution in [-0.2, 0) is 9.53 Å². The number of rotatable bonds is 7. The van der Waals surface area contributed by atoms with E-state index in [2.05, 4.69) is 20.8 Å². The molecule has 0 aliphatic rings. The lowest BCUT2D eigenvalue weighted by Gasteiger charge is -2.21. The first-order valence-corrected chi connectivity index (χ1v) is 5.80. The molecule has 15 heavy (non-hydrogen) atoms.